The van der Waals surface area contributed by atoms with Crippen LogP contribution >= 0.6 is 34.3 Å². The number of thiophene rings is 1. The molecular formula is C22H26ClN3O4S2. The number of aliphatic hydroxyl groups excluding tert-OH is 1. The van der Waals surface area contributed by atoms with Gasteiger partial charge in [-0.15, -0.1) is 11.3 Å². The molecule has 10 heteroatoms. The minimum absolute atomic E-state index is 0.311. The molecular weight excluding hydrogens is 470 g/mol. The third-order valence-electron chi connectivity index (χ3n) is 4.67. The Labute approximate surface area is 200 Å². The second-order valence-electron chi connectivity index (χ2n) is 7.10. The number of nitrogens with zero attached hydrogens (tertiary/aromatic N) is 2. The van der Waals surface area contributed by atoms with Gasteiger partial charge < -0.3 is 19.5 Å². The maximum absolute atomic E-state index is 12.9. The van der Waals surface area contributed by atoms with Crippen LogP contribution in [0.1, 0.15) is 35.0 Å². The van der Waals surface area contributed by atoms with Crippen LogP contribution in [0.15, 0.2) is 29.6 Å². The van der Waals surface area contributed by atoms with Crippen LogP contribution in [0.2, 0.25) is 5.02 Å². The summed E-state index contributed by atoms with van der Waals surface area (Å²) in [5.74, 6) is 0.405. The Balaban J connectivity index is 1.83. The Morgan fingerprint density at radius 3 is 2.78 bits per heavy atom. The molecule has 0 bridgehead atoms. The Morgan fingerprint density at radius 1 is 1.31 bits per heavy atom. The first-order valence-electron chi connectivity index (χ1n) is 10.1. The molecule has 1 aromatic carbocycles. The molecule has 0 atom stereocenters. The highest BCUT2D eigenvalue weighted by atomic mass is 35.5. The summed E-state index contributed by atoms with van der Waals surface area (Å²) in [6.07, 6.45) is 2.25. The molecule has 0 saturated heterocycles. The summed E-state index contributed by atoms with van der Waals surface area (Å²) in [6, 6.07) is 6.65. The summed E-state index contributed by atoms with van der Waals surface area (Å²) in [4.78, 5) is 21.9. The smallest absolute Gasteiger partial charge is 0.257 e. The highest BCUT2D eigenvalue weighted by molar-refractivity contribution is 7.17. The zero-order valence-electron chi connectivity index (χ0n) is 18.2. The van der Waals surface area contributed by atoms with Crippen LogP contribution < -0.4 is 14.8 Å². The topological polar surface area (TPSA) is 83.9 Å². The van der Waals surface area contributed by atoms with Gasteiger partial charge in [-0.2, -0.15) is 0 Å². The number of carbonyl (C=O) groups excluding carboxylic acids is 1. The van der Waals surface area contributed by atoms with Crippen molar-refractivity contribution in [2.24, 2.45) is 0 Å². The molecule has 0 radical (unpaired) electrons. The lowest BCUT2D eigenvalue weighted by molar-refractivity contribution is 0.0953. The number of halogens is 1. The van der Waals surface area contributed by atoms with E-state index < -0.39 is 6.79 Å². The number of nitrogens with one attached hydrogen (secondary N) is 1. The highest BCUT2D eigenvalue weighted by Crippen LogP contribution is 2.37. The number of hydrogen-bond acceptors (Lipinski definition) is 8. The Morgan fingerprint density at radius 2 is 2.12 bits per heavy atom. The lowest BCUT2D eigenvalue weighted by atomic mass is 10.2. The van der Waals surface area contributed by atoms with Crippen molar-refractivity contribution in [2.75, 3.05) is 32.8 Å². The average molecular weight is 496 g/mol. The van der Waals surface area contributed by atoms with E-state index in [0.29, 0.717) is 27.2 Å². The second kappa shape index (κ2) is 11.6. The second-order valence-corrected chi connectivity index (χ2v) is 9.54. The number of ether oxygens (including phenoxy) is 2. The van der Waals surface area contributed by atoms with Crippen molar-refractivity contribution in [3.63, 3.8) is 0 Å². The fourth-order valence-corrected chi connectivity index (χ4v) is 5.27. The number of thiazole rings is 1. The molecule has 0 fully saturated rings. The number of unbranched alkanes of at least 4 members (excludes halogenated alkanes) is 1. The normalized spacial score (nSPS) is 11.1. The number of benzene rings is 1. The summed E-state index contributed by atoms with van der Waals surface area (Å²) >= 11 is 9.13. The Bertz CT molecular complexity index is 1050. The molecule has 2 N–H and O–H groups in total. The van der Waals surface area contributed by atoms with Gasteiger partial charge in [-0.25, -0.2) is 4.98 Å². The number of methoxy groups -OCH3 is 1. The van der Waals surface area contributed by atoms with Crippen molar-refractivity contribution in [3.8, 4) is 22.1 Å². The molecule has 3 rings (SSSR count). The minimum Gasteiger partial charge on any atom is -0.493 e. The molecule has 7 nitrogen and oxygen atoms in total. The van der Waals surface area contributed by atoms with E-state index in [1.807, 2.05) is 11.4 Å². The van der Waals surface area contributed by atoms with Crippen molar-refractivity contribution in [2.45, 2.75) is 26.3 Å². The first-order valence-corrected chi connectivity index (χ1v) is 12.2. The molecule has 0 unspecified atom stereocenters. The number of aliphatic hydroxyl groups is 1. The van der Waals surface area contributed by atoms with Gasteiger partial charge in [-0.05, 0) is 44.3 Å². The van der Waals surface area contributed by atoms with Gasteiger partial charge in [0.25, 0.3) is 5.91 Å². The van der Waals surface area contributed by atoms with E-state index in [-0.39, 0.29) is 5.91 Å². The third kappa shape index (κ3) is 6.20. The quantitative estimate of drug-likeness (QED) is 0.349. The SMILES string of the molecule is CCCCN(C)Cc1sc(NC(=O)c2ccc(OCO)c(OC)c2)nc1-c1cc(Cl)cs1. The predicted octanol–water partition coefficient (Wildman–Crippen LogP) is 5.35. The molecule has 32 heavy (non-hydrogen) atoms. The van der Waals surface area contributed by atoms with Gasteiger partial charge >= 0.3 is 0 Å². The third-order valence-corrected chi connectivity index (χ3v) is 6.91. The monoisotopic (exact) mass is 495 g/mol. The summed E-state index contributed by atoms with van der Waals surface area (Å²) in [6.45, 7) is 3.42. The van der Waals surface area contributed by atoms with Crippen LogP contribution in [0.3, 0.4) is 0 Å². The van der Waals surface area contributed by atoms with Crippen molar-refractivity contribution in [3.05, 3.63) is 45.1 Å². The maximum atomic E-state index is 12.9. The minimum atomic E-state index is -0.480. The zero-order chi connectivity index (χ0) is 23.1. The maximum Gasteiger partial charge on any atom is 0.257 e. The number of carbonyl (C=O) groups is 1. The lowest BCUT2D eigenvalue weighted by Crippen LogP contribution is -2.18. The largest absolute Gasteiger partial charge is 0.493 e. The van der Waals surface area contributed by atoms with Gasteiger partial charge in [0.1, 0.15) is 0 Å². The summed E-state index contributed by atoms with van der Waals surface area (Å²) in [5.41, 5.74) is 1.24. The molecule has 0 aliphatic rings. The number of aromatic nitrogens is 1. The average Bonchev–Trinajstić information content (AvgIpc) is 3.38. The van der Waals surface area contributed by atoms with Gasteiger partial charge in [0.05, 0.1) is 22.7 Å². The van der Waals surface area contributed by atoms with Crippen molar-refractivity contribution >= 4 is 45.3 Å². The predicted molar refractivity (Wildman–Crippen MR) is 130 cm³/mol. The van der Waals surface area contributed by atoms with Crippen LogP contribution in [0.25, 0.3) is 10.6 Å². The first-order chi connectivity index (χ1) is 15.4. The van der Waals surface area contributed by atoms with Crippen molar-refractivity contribution in [1.82, 2.24) is 9.88 Å². The number of amides is 1. The van der Waals surface area contributed by atoms with E-state index in [1.54, 1.807) is 18.2 Å². The molecule has 3 aromatic rings. The highest BCUT2D eigenvalue weighted by Gasteiger charge is 2.19. The van der Waals surface area contributed by atoms with E-state index in [1.165, 1.54) is 29.8 Å². The van der Waals surface area contributed by atoms with Crippen molar-refractivity contribution < 1.29 is 19.4 Å². The van der Waals surface area contributed by atoms with E-state index >= 15 is 0 Å². The Kier molecular flexibility index (Phi) is 8.89. The molecule has 2 aromatic heterocycles. The van der Waals surface area contributed by atoms with Crippen LogP contribution in [0, 0.1) is 0 Å². The fourth-order valence-electron chi connectivity index (χ4n) is 3.06. The lowest BCUT2D eigenvalue weighted by Gasteiger charge is -2.15. The van der Waals surface area contributed by atoms with E-state index in [4.69, 9.17) is 31.2 Å². The van der Waals surface area contributed by atoms with E-state index in [2.05, 4.69) is 24.2 Å². The van der Waals surface area contributed by atoms with Gasteiger partial charge in [-0.3, -0.25) is 10.1 Å². The standard InChI is InChI=1S/C22H26ClN3O4S2/c1-4-5-8-26(2)11-19-20(18-10-15(23)12-31-18)24-22(32-19)25-21(28)14-6-7-16(30-13-27)17(9-14)29-3/h6-7,9-10,12,27H,4-5,8,11,13H2,1-3H3,(H,24,25,28). The van der Waals surface area contributed by atoms with Gasteiger partial charge in [0.2, 0.25) is 0 Å². The van der Waals surface area contributed by atoms with Gasteiger partial charge in [0.15, 0.2) is 23.4 Å². The summed E-state index contributed by atoms with van der Waals surface area (Å²) < 4.78 is 10.3. The number of anilines is 1. The molecule has 172 valence electrons. The molecule has 0 saturated carbocycles. The molecule has 0 aliphatic heterocycles. The zero-order valence-corrected chi connectivity index (χ0v) is 20.6. The van der Waals surface area contributed by atoms with Gasteiger partial charge in [0, 0.05) is 22.4 Å². The molecule has 0 aliphatic carbocycles. The summed E-state index contributed by atoms with van der Waals surface area (Å²) in [5, 5.41) is 14.9. The van der Waals surface area contributed by atoms with Crippen LogP contribution in [0.5, 0.6) is 11.5 Å². The van der Waals surface area contributed by atoms with E-state index in [0.717, 1.165) is 41.4 Å². The number of rotatable bonds is 11. The van der Waals surface area contributed by atoms with E-state index in [9.17, 15) is 4.79 Å². The molecule has 2 heterocycles. The van der Waals surface area contributed by atoms with Crippen molar-refractivity contribution in [1.29, 1.82) is 0 Å². The number of hydrogen-bond donors (Lipinski definition) is 2. The molecule has 1 amide bonds. The summed E-state index contributed by atoms with van der Waals surface area (Å²) in [7, 11) is 3.56. The van der Waals surface area contributed by atoms with Crippen LogP contribution in [-0.4, -0.2) is 48.4 Å². The Hall–Kier alpha value is -2.17. The molecule has 0 spiro atoms. The van der Waals surface area contributed by atoms with Crippen LogP contribution in [0.4, 0.5) is 5.13 Å². The fraction of sp³-hybridized carbons (Fsp3) is 0.364. The first kappa shape index (κ1) is 24.5. The van der Waals surface area contributed by atoms with Crippen LogP contribution in [-0.2, 0) is 6.54 Å². The van der Waals surface area contributed by atoms with Gasteiger partial charge in [-0.1, -0.05) is 36.3 Å².